The Hall–Kier alpha value is -1.05. The van der Waals surface area contributed by atoms with Gasteiger partial charge in [0, 0.05) is 5.56 Å². The highest BCUT2D eigenvalue weighted by Gasteiger charge is 2.53. The Labute approximate surface area is 116 Å². The van der Waals surface area contributed by atoms with Crippen molar-refractivity contribution < 1.29 is 22.5 Å². The molecule has 0 amide bonds. The number of benzene rings is 1. The third kappa shape index (κ3) is 2.34. The number of halogens is 3. The van der Waals surface area contributed by atoms with E-state index in [1.807, 2.05) is 27.7 Å². The molecular weight excluding hydrogens is 270 g/mol. The van der Waals surface area contributed by atoms with E-state index < -0.39 is 41.7 Å². The van der Waals surface area contributed by atoms with Gasteiger partial charge in [0.15, 0.2) is 17.5 Å². The summed E-state index contributed by atoms with van der Waals surface area (Å²) in [5.74, 6) is -5.17. The van der Waals surface area contributed by atoms with Crippen LogP contribution in [-0.4, -0.2) is 18.3 Å². The maximum atomic E-state index is 13.7. The van der Waals surface area contributed by atoms with Crippen LogP contribution < -0.4 is 5.73 Å². The van der Waals surface area contributed by atoms with E-state index >= 15 is 0 Å². The molecule has 0 radical (unpaired) electrons. The lowest BCUT2D eigenvalue weighted by Crippen LogP contribution is -2.41. The second kappa shape index (κ2) is 4.75. The van der Waals surface area contributed by atoms with E-state index in [0.29, 0.717) is 0 Å². The summed E-state index contributed by atoms with van der Waals surface area (Å²) in [5.41, 5.74) is 4.44. The molecule has 1 heterocycles. The summed E-state index contributed by atoms with van der Waals surface area (Å²) < 4.78 is 51.3. The van der Waals surface area contributed by atoms with E-state index in [1.54, 1.807) is 0 Å². The van der Waals surface area contributed by atoms with Crippen molar-refractivity contribution in [1.82, 2.24) is 0 Å². The third-order valence-corrected chi connectivity index (χ3v) is 3.99. The fourth-order valence-electron chi connectivity index (χ4n) is 1.98. The van der Waals surface area contributed by atoms with E-state index in [9.17, 15) is 13.2 Å². The maximum Gasteiger partial charge on any atom is 0.480 e. The number of hydrogen-bond acceptors (Lipinski definition) is 3. The van der Waals surface area contributed by atoms with Crippen LogP contribution in [0.3, 0.4) is 0 Å². The minimum Gasteiger partial charge on any atom is -0.402 e. The first-order chi connectivity index (χ1) is 9.07. The van der Waals surface area contributed by atoms with Gasteiger partial charge in [0.1, 0.15) is 0 Å². The Morgan fingerprint density at radius 1 is 1.00 bits per heavy atom. The van der Waals surface area contributed by atoms with E-state index in [-0.39, 0.29) is 5.56 Å². The van der Waals surface area contributed by atoms with Crippen LogP contribution in [-0.2, 0) is 9.31 Å². The molecule has 0 unspecified atom stereocenters. The SMILES string of the molecule is CC1(C)OB([C@H](N)c2ccc(F)c(F)c2F)OC1(C)C. The van der Waals surface area contributed by atoms with Crippen LogP contribution in [0, 0.1) is 17.5 Å². The largest absolute Gasteiger partial charge is 0.480 e. The topological polar surface area (TPSA) is 44.5 Å². The Kier molecular flexibility index (Phi) is 3.65. The zero-order valence-electron chi connectivity index (χ0n) is 11.8. The van der Waals surface area contributed by atoms with Gasteiger partial charge in [0.25, 0.3) is 0 Å². The van der Waals surface area contributed by atoms with Crippen LogP contribution in [0.25, 0.3) is 0 Å². The Balaban J connectivity index is 2.30. The van der Waals surface area contributed by atoms with Crippen LogP contribution in [0.15, 0.2) is 12.1 Å². The monoisotopic (exact) mass is 287 g/mol. The molecule has 1 aromatic rings. The molecule has 0 aromatic heterocycles. The first-order valence-corrected chi connectivity index (χ1v) is 6.31. The predicted molar refractivity (Wildman–Crippen MR) is 69.3 cm³/mol. The summed E-state index contributed by atoms with van der Waals surface area (Å²) in [5, 5.41) is 0. The van der Waals surface area contributed by atoms with Gasteiger partial charge in [-0.3, -0.25) is 0 Å². The van der Waals surface area contributed by atoms with E-state index in [0.717, 1.165) is 12.1 Å². The van der Waals surface area contributed by atoms with Crippen LogP contribution in [0.1, 0.15) is 39.2 Å². The Morgan fingerprint density at radius 3 is 2.00 bits per heavy atom. The van der Waals surface area contributed by atoms with Crippen LogP contribution in [0.4, 0.5) is 13.2 Å². The molecular formula is C13H17BF3NO2. The van der Waals surface area contributed by atoms with Crippen molar-refractivity contribution >= 4 is 7.12 Å². The Bertz CT molecular complexity index is 521. The van der Waals surface area contributed by atoms with Crippen molar-refractivity contribution in [3.8, 4) is 0 Å². The highest BCUT2D eigenvalue weighted by atomic mass is 19.2. The first kappa shape index (κ1) is 15.3. The maximum absolute atomic E-state index is 13.7. The number of nitrogens with two attached hydrogens (primary N) is 1. The molecule has 7 heteroatoms. The van der Waals surface area contributed by atoms with Gasteiger partial charge >= 0.3 is 7.12 Å². The highest BCUT2D eigenvalue weighted by Crippen LogP contribution is 2.40. The lowest BCUT2D eigenvalue weighted by molar-refractivity contribution is 0.00578. The van der Waals surface area contributed by atoms with Gasteiger partial charge in [-0.2, -0.15) is 0 Å². The van der Waals surface area contributed by atoms with Crippen molar-refractivity contribution in [2.45, 2.75) is 44.8 Å². The lowest BCUT2D eigenvalue weighted by Gasteiger charge is -2.32. The molecule has 0 saturated carbocycles. The van der Waals surface area contributed by atoms with Crippen molar-refractivity contribution in [3.05, 3.63) is 35.1 Å². The van der Waals surface area contributed by atoms with Crippen molar-refractivity contribution in [2.24, 2.45) is 5.73 Å². The smallest absolute Gasteiger partial charge is 0.402 e. The van der Waals surface area contributed by atoms with E-state index in [2.05, 4.69) is 0 Å². The van der Waals surface area contributed by atoms with Crippen molar-refractivity contribution in [3.63, 3.8) is 0 Å². The molecule has 0 bridgehead atoms. The van der Waals surface area contributed by atoms with Crippen molar-refractivity contribution in [2.75, 3.05) is 0 Å². The van der Waals surface area contributed by atoms with Gasteiger partial charge in [-0.1, -0.05) is 6.07 Å². The molecule has 20 heavy (non-hydrogen) atoms. The molecule has 1 aliphatic rings. The Morgan fingerprint density at radius 2 is 1.50 bits per heavy atom. The summed E-state index contributed by atoms with van der Waals surface area (Å²) >= 11 is 0. The minimum absolute atomic E-state index is 0.178. The molecule has 110 valence electrons. The summed E-state index contributed by atoms with van der Waals surface area (Å²) in [6.07, 6.45) is 0. The average molecular weight is 287 g/mol. The summed E-state index contributed by atoms with van der Waals surface area (Å²) in [4.78, 5) is 0. The second-order valence-corrected chi connectivity index (χ2v) is 5.92. The molecule has 3 nitrogen and oxygen atoms in total. The third-order valence-electron chi connectivity index (χ3n) is 3.99. The van der Waals surface area contributed by atoms with Crippen LogP contribution >= 0.6 is 0 Å². The summed E-state index contributed by atoms with van der Waals surface area (Å²) in [6, 6.07) is 1.93. The van der Waals surface area contributed by atoms with E-state index in [4.69, 9.17) is 15.0 Å². The van der Waals surface area contributed by atoms with Crippen molar-refractivity contribution in [1.29, 1.82) is 0 Å². The van der Waals surface area contributed by atoms with Crippen LogP contribution in [0.5, 0.6) is 0 Å². The zero-order chi connectivity index (χ0) is 15.3. The molecule has 1 aliphatic heterocycles. The van der Waals surface area contributed by atoms with Gasteiger partial charge < -0.3 is 15.0 Å². The van der Waals surface area contributed by atoms with E-state index in [1.165, 1.54) is 0 Å². The molecule has 0 aliphatic carbocycles. The second-order valence-electron chi connectivity index (χ2n) is 5.92. The van der Waals surface area contributed by atoms with Gasteiger partial charge in [-0.05, 0) is 33.8 Å². The van der Waals surface area contributed by atoms with Gasteiger partial charge in [0.05, 0.1) is 17.1 Å². The highest BCUT2D eigenvalue weighted by molar-refractivity contribution is 6.47. The number of hydrogen-bond donors (Lipinski definition) is 1. The molecule has 1 aromatic carbocycles. The normalized spacial score (nSPS) is 22.1. The zero-order valence-corrected chi connectivity index (χ0v) is 11.8. The standard InChI is InChI=1S/C13H17BF3NO2/c1-12(2)13(3,4)20-14(19-12)11(18)7-5-6-8(15)10(17)9(7)16/h5-6,11H,18H2,1-4H3/t11-/m1/s1. The fourth-order valence-corrected chi connectivity index (χ4v) is 1.98. The lowest BCUT2D eigenvalue weighted by atomic mass is 9.74. The molecule has 1 saturated heterocycles. The number of rotatable bonds is 2. The molecule has 0 spiro atoms. The van der Waals surface area contributed by atoms with Gasteiger partial charge in [0.2, 0.25) is 0 Å². The van der Waals surface area contributed by atoms with Crippen LogP contribution in [0.2, 0.25) is 0 Å². The molecule has 2 rings (SSSR count). The minimum atomic E-state index is -1.55. The molecule has 1 fully saturated rings. The average Bonchev–Trinajstić information content (AvgIpc) is 2.55. The molecule has 2 N–H and O–H groups in total. The quantitative estimate of drug-likeness (QED) is 0.672. The summed E-state index contributed by atoms with van der Waals surface area (Å²) in [6.45, 7) is 7.28. The molecule has 1 atom stereocenters. The summed E-state index contributed by atoms with van der Waals surface area (Å²) in [7, 11) is -0.931. The predicted octanol–water partition coefficient (Wildman–Crippen LogP) is 2.74. The van der Waals surface area contributed by atoms with Gasteiger partial charge in [-0.15, -0.1) is 0 Å². The fraction of sp³-hybridized carbons (Fsp3) is 0.538. The first-order valence-electron chi connectivity index (χ1n) is 6.31. The van der Waals surface area contributed by atoms with Gasteiger partial charge in [-0.25, -0.2) is 13.2 Å².